The summed E-state index contributed by atoms with van der Waals surface area (Å²) >= 11 is 0. The number of hydrazine groups is 1. The molecule has 1 fully saturated rings. The molecule has 0 spiro atoms. The fourth-order valence-electron chi connectivity index (χ4n) is 0.751. The van der Waals surface area contributed by atoms with E-state index in [0.717, 1.165) is 5.84 Å². The van der Waals surface area contributed by atoms with Gasteiger partial charge in [0.15, 0.2) is 0 Å². The SMILES string of the molecule is CNN(C)C(=N)C1CC1. The molecule has 52 valence electrons. The minimum atomic E-state index is 0.544. The lowest BCUT2D eigenvalue weighted by Gasteiger charge is -2.17. The largest absolute Gasteiger partial charge is 0.299 e. The molecule has 2 N–H and O–H groups in total. The molecule has 0 aliphatic heterocycles. The van der Waals surface area contributed by atoms with Crippen LogP contribution < -0.4 is 5.43 Å². The Bertz CT molecular complexity index is 117. The lowest BCUT2D eigenvalue weighted by Crippen LogP contribution is -2.37. The molecule has 0 saturated heterocycles. The third-order valence-corrected chi connectivity index (χ3v) is 1.66. The minimum Gasteiger partial charge on any atom is -0.299 e. The molecule has 1 rings (SSSR count). The van der Waals surface area contributed by atoms with Crippen LogP contribution in [0.2, 0.25) is 0 Å². The highest BCUT2D eigenvalue weighted by molar-refractivity contribution is 5.83. The first kappa shape index (κ1) is 6.55. The van der Waals surface area contributed by atoms with Crippen molar-refractivity contribution >= 4 is 5.84 Å². The fraction of sp³-hybridized carbons (Fsp3) is 0.833. The van der Waals surface area contributed by atoms with Gasteiger partial charge in [0.05, 0.1) is 0 Å². The molecule has 0 amide bonds. The van der Waals surface area contributed by atoms with Crippen molar-refractivity contribution in [1.82, 2.24) is 10.4 Å². The maximum Gasteiger partial charge on any atom is 0.113 e. The first-order valence-corrected chi connectivity index (χ1v) is 3.25. The maximum absolute atomic E-state index is 7.48. The van der Waals surface area contributed by atoms with Crippen LogP contribution in [0.3, 0.4) is 0 Å². The highest BCUT2D eigenvalue weighted by Crippen LogP contribution is 2.30. The molecule has 0 unspecified atom stereocenters. The number of hydrogen-bond donors (Lipinski definition) is 2. The number of hydrogen-bond acceptors (Lipinski definition) is 2. The molecular formula is C6H13N3. The van der Waals surface area contributed by atoms with Crippen molar-refractivity contribution in [2.24, 2.45) is 5.92 Å². The summed E-state index contributed by atoms with van der Waals surface area (Å²) in [5.74, 6) is 1.26. The van der Waals surface area contributed by atoms with Crippen molar-refractivity contribution in [2.75, 3.05) is 14.1 Å². The summed E-state index contributed by atoms with van der Waals surface area (Å²) in [6, 6.07) is 0. The Morgan fingerprint density at radius 2 is 2.22 bits per heavy atom. The molecule has 1 aliphatic carbocycles. The van der Waals surface area contributed by atoms with E-state index in [9.17, 15) is 0 Å². The Hall–Kier alpha value is -0.570. The molecule has 0 aromatic carbocycles. The first-order valence-electron chi connectivity index (χ1n) is 3.25. The Morgan fingerprint density at radius 3 is 2.56 bits per heavy atom. The monoisotopic (exact) mass is 127 g/mol. The molecular weight excluding hydrogens is 114 g/mol. The molecule has 0 radical (unpaired) electrons. The Balaban J connectivity index is 2.31. The van der Waals surface area contributed by atoms with Crippen LogP contribution in [-0.4, -0.2) is 24.9 Å². The molecule has 0 heterocycles. The van der Waals surface area contributed by atoms with Crippen LogP contribution in [0, 0.1) is 11.3 Å². The molecule has 0 aromatic rings. The van der Waals surface area contributed by atoms with Crippen molar-refractivity contribution < 1.29 is 0 Å². The number of rotatable bonds is 2. The highest BCUT2D eigenvalue weighted by atomic mass is 15.5. The average molecular weight is 127 g/mol. The van der Waals surface area contributed by atoms with Crippen LogP contribution in [0.4, 0.5) is 0 Å². The summed E-state index contributed by atoms with van der Waals surface area (Å²) < 4.78 is 0. The summed E-state index contributed by atoms with van der Waals surface area (Å²) in [5, 5.41) is 9.24. The van der Waals surface area contributed by atoms with Gasteiger partial charge in [-0.2, -0.15) is 0 Å². The average Bonchev–Trinajstić information content (AvgIpc) is 2.66. The Kier molecular flexibility index (Phi) is 1.71. The Labute approximate surface area is 55.5 Å². The second kappa shape index (κ2) is 2.35. The van der Waals surface area contributed by atoms with Crippen LogP contribution in [0.1, 0.15) is 12.8 Å². The summed E-state index contributed by atoms with van der Waals surface area (Å²) in [6.07, 6.45) is 2.40. The topological polar surface area (TPSA) is 39.1 Å². The highest BCUT2D eigenvalue weighted by Gasteiger charge is 2.28. The van der Waals surface area contributed by atoms with E-state index in [1.807, 2.05) is 14.1 Å². The molecule has 0 bridgehead atoms. The van der Waals surface area contributed by atoms with Crippen molar-refractivity contribution in [1.29, 1.82) is 5.41 Å². The number of nitrogens with zero attached hydrogens (tertiary/aromatic N) is 1. The van der Waals surface area contributed by atoms with Gasteiger partial charge in [-0.05, 0) is 12.8 Å². The van der Waals surface area contributed by atoms with Gasteiger partial charge in [-0.1, -0.05) is 0 Å². The van der Waals surface area contributed by atoms with Crippen LogP contribution in [0.15, 0.2) is 0 Å². The van der Waals surface area contributed by atoms with Crippen molar-refractivity contribution in [3.8, 4) is 0 Å². The van der Waals surface area contributed by atoms with E-state index in [-0.39, 0.29) is 0 Å². The van der Waals surface area contributed by atoms with E-state index in [1.165, 1.54) is 12.8 Å². The van der Waals surface area contributed by atoms with Gasteiger partial charge in [-0.3, -0.25) is 10.4 Å². The number of amidine groups is 1. The maximum atomic E-state index is 7.48. The van der Waals surface area contributed by atoms with Gasteiger partial charge in [0, 0.05) is 20.0 Å². The summed E-state index contributed by atoms with van der Waals surface area (Å²) in [7, 11) is 3.71. The van der Waals surface area contributed by atoms with Crippen LogP contribution in [0.5, 0.6) is 0 Å². The van der Waals surface area contributed by atoms with Crippen LogP contribution in [0.25, 0.3) is 0 Å². The molecule has 1 aliphatic rings. The van der Waals surface area contributed by atoms with E-state index in [0.29, 0.717) is 5.92 Å². The van der Waals surface area contributed by atoms with Gasteiger partial charge in [-0.25, -0.2) is 5.43 Å². The van der Waals surface area contributed by atoms with Gasteiger partial charge in [0.1, 0.15) is 5.84 Å². The zero-order chi connectivity index (χ0) is 6.85. The first-order chi connectivity index (χ1) is 4.25. The molecule has 0 aromatic heterocycles. The predicted molar refractivity (Wildman–Crippen MR) is 37.3 cm³/mol. The van der Waals surface area contributed by atoms with Crippen LogP contribution in [-0.2, 0) is 0 Å². The zero-order valence-corrected chi connectivity index (χ0v) is 5.94. The molecule has 3 nitrogen and oxygen atoms in total. The van der Waals surface area contributed by atoms with Gasteiger partial charge in [-0.15, -0.1) is 0 Å². The fourth-order valence-corrected chi connectivity index (χ4v) is 0.751. The van der Waals surface area contributed by atoms with Crippen molar-refractivity contribution in [2.45, 2.75) is 12.8 Å². The Morgan fingerprint density at radius 1 is 1.67 bits per heavy atom. The summed E-state index contributed by atoms with van der Waals surface area (Å²) in [6.45, 7) is 0. The van der Waals surface area contributed by atoms with Crippen LogP contribution >= 0.6 is 0 Å². The number of nitrogens with one attached hydrogen (secondary N) is 2. The minimum absolute atomic E-state index is 0.544. The van der Waals surface area contributed by atoms with E-state index in [2.05, 4.69) is 5.43 Å². The summed E-state index contributed by atoms with van der Waals surface area (Å²) in [5.41, 5.74) is 2.89. The van der Waals surface area contributed by atoms with Gasteiger partial charge >= 0.3 is 0 Å². The predicted octanol–water partition coefficient (Wildman–Crippen LogP) is 0.440. The quantitative estimate of drug-likeness (QED) is 0.321. The third kappa shape index (κ3) is 1.42. The second-order valence-electron chi connectivity index (χ2n) is 2.44. The smallest absolute Gasteiger partial charge is 0.113 e. The molecule has 0 atom stereocenters. The van der Waals surface area contributed by atoms with Gasteiger partial charge < -0.3 is 0 Å². The molecule has 3 heteroatoms. The third-order valence-electron chi connectivity index (χ3n) is 1.66. The van der Waals surface area contributed by atoms with E-state index in [4.69, 9.17) is 5.41 Å². The van der Waals surface area contributed by atoms with E-state index in [1.54, 1.807) is 5.01 Å². The van der Waals surface area contributed by atoms with Crippen molar-refractivity contribution in [3.05, 3.63) is 0 Å². The normalized spacial score (nSPS) is 17.6. The lowest BCUT2D eigenvalue weighted by atomic mass is 10.4. The van der Waals surface area contributed by atoms with Gasteiger partial charge in [0.25, 0.3) is 0 Å². The molecule has 1 saturated carbocycles. The standard InChI is InChI=1S/C6H13N3/c1-8-9(2)6(7)5-3-4-5/h5,7-8H,3-4H2,1-2H3. The lowest BCUT2D eigenvalue weighted by molar-refractivity contribution is 0.395. The van der Waals surface area contributed by atoms with Crippen molar-refractivity contribution in [3.63, 3.8) is 0 Å². The van der Waals surface area contributed by atoms with E-state index < -0.39 is 0 Å². The van der Waals surface area contributed by atoms with Gasteiger partial charge in [0.2, 0.25) is 0 Å². The zero-order valence-electron chi connectivity index (χ0n) is 5.94. The summed E-state index contributed by atoms with van der Waals surface area (Å²) in [4.78, 5) is 0. The molecule has 9 heavy (non-hydrogen) atoms. The second-order valence-corrected chi connectivity index (χ2v) is 2.44. The van der Waals surface area contributed by atoms with E-state index >= 15 is 0 Å².